The summed E-state index contributed by atoms with van der Waals surface area (Å²) in [5.74, 6) is -0.946. The molecule has 0 saturated carbocycles. The van der Waals surface area contributed by atoms with Crippen molar-refractivity contribution in [2.45, 2.75) is 25.8 Å². The second-order valence-electron chi connectivity index (χ2n) is 4.95. The summed E-state index contributed by atoms with van der Waals surface area (Å²) < 4.78 is 0. The normalized spacial score (nSPS) is 20.2. The molecule has 1 heterocycles. The smallest absolute Gasteiger partial charge is 0.337 e. The van der Waals surface area contributed by atoms with Gasteiger partial charge in [0.15, 0.2) is 0 Å². The Morgan fingerprint density at radius 2 is 2.37 bits per heavy atom. The molecule has 1 aliphatic heterocycles. The van der Waals surface area contributed by atoms with Crippen LogP contribution in [0.4, 0.5) is 11.4 Å². The van der Waals surface area contributed by atoms with E-state index in [0.29, 0.717) is 11.4 Å². The highest BCUT2D eigenvalue weighted by Gasteiger charge is 2.21. The van der Waals surface area contributed by atoms with E-state index < -0.39 is 5.97 Å². The van der Waals surface area contributed by atoms with E-state index in [2.05, 4.69) is 17.1 Å². The summed E-state index contributed by atoms with van der Waals surface area (Å²) in [5, 5.41) is 12.5. The molecule has 0 aromatic heterocycles. The fourth-order valence-electron chi connectivity index (χ4n) is 2.57. The van der Waals surface area contributed by atoms with Crippen LogP contribution in [0.25, 0.3) is 0 Å². The first-order valence-electron chi connectivity index (χ1n) is 6.72. The lowest BCUT2D eigenvalue weighted by Gasteiger charge is -2.33. The molecule has 0 aliphatic carbocycles. The molecule has 19 heavy (non-hydrogen) atoms. The van der Waals surface area contributed by atoms with Gasteiger partial charge in [0.1, 0.15) is 0 Å². The summed E-state index contributed by atoms with van der Waals surface area (Å²) in [6, 6.07) is 5.25. The number of piperidine rings is 1. The zero-order valence-electron chi connectivity index (χ0n) is 11.2. The molecule has 5 heteroatoms. The predicted molar refractivity (Wildman–Crippen MR) is 76.6 cm³/mol. The third-order valence-electron chi connectivity index (χ3n) is 3.63. The van der Waals surface area contributed by atoms with Crippen molar-refractivity contribution in [2.24, 2.45) is 0 Å². The number of para-hydroxylation sites is 1. The van der Waals surface area contributed by atoms with Crippen molar-refractivity contribution in [1.29, 1.82) is 0 Å². The molecule has 1 unspecified atom stereocenters. The molecule has 0 radical (unpaired) electrons. The number of likely N-dealkylation sites (N-methyl/N-ethyl adjacent to an activating group) is 1. The number of nitrogens with zero attached hydrogens (tertiary/aromatic N) is 1. The number of likely N-dealkylation sites (tertiary alicyclic amines) is 1. The Kier molecular flexibility index (Phi) is 4.27. The largest absolute Gasteiger partial charge is 0.478 e. The van der Waals surface area contributed by atoms with Crippen LogP contribution >= 0.6 is 0 Å². The number of anilines is 2. The Bertz CT molecular complexity index is 462. The molecule has 1 atom stereocenters. The first-order valence-corrected chi connectivity index (χ1v) is 6.72. The van der Waals surface area contributed by atoms with Gasteiger partial charge in [-0.3, -0.25) is 0 Å². The molecule has 1 fully saturated rings. The van der Waals surface area contributed by atoms with Crippen LogP contribution in [-0.4, -0.2) is 41.7 Å². The van der Waals surface area contributed by atoms with E-state index in [1.807, 2.05) is 0 Å². The van der Waals surface area contributed by atoms with Gasteiger partial charge in [-0.1, -0.05) is 13.0 Å². The second kappa shape index (κ2) is 5.93. The number of carbonyl (C=O) groups is 1. The van der Waals surface area contributed by atoms with E-state index in [4.69, 9.17) is 5.73 Å². The van der Waals surface area contributed by atoms with Gasteiger partial charge in [-0.05, 0) is 38.1 Å². The van der Waals surface area contributed by atoms with Crippen molar-refractivity contribution < 1.29 is 9.90 Å². The second-order valence-corrected chi connectivity index (χ2v) is 4.95. The topological polar surface area (TPSA) is 78.6 Å². The van der Waals surface area contributed by atoms with Gasteiger partial charge in [-0.25, -0.2) is 4.79 Å². The van der Waals surface area contributed by atoms with E-state index in [-0.39, 0.29) is 11.6 Å². The molecule has 2 rings (SSSR count). The molecular formula is C14H21N3O2. The van der Waals surface area contributed by atoms with Crippen LogP contribution < -0.4 is 11.1 Å². The van der Waals surface area contributed by atoms with Crippen molar-refractivity contribution in [2.75, 3.05) is 30.7 Å². The molecule has 0 spiro atoms. The van der Waals surface area contributed by atoms with Gasteiger partial charge < -0.3 is 21.1 Å². The average molecular weight is 263 g/mol. The third kappa shape index (κ3) is 3.17. The molecular weight excluding hydrogens is 242 g/mol. The zero-order chi connectivity index (χ0) is 13.8. The van der Waals surface area contributed by atoms with E-state index in [9.17, 15) is 9.90 Å². The van der Waals surface area contributed by atoms with Crippen molar-refractivity contribution in [3.05, 3.63) is 23.8 Å². The van der Waals surface area contributed by atoms with Crippen LogP contribution in [0.2, 0.25) is 0 Å². The predicted octanol–water partition coefficient (Wildman–Crippen LogP) is 1.86. The summed E-state index contributed by atoms with van der Waals surface area (Å²) in [6.07, 6.45) is 2.17. The quantitative estimate of drug-likeness (QED) is 0.723. The minimum Gasteiger partial charge on any atom is -0.478 e. The van der Waals surface area contributed by atoms with Gasteiger partial charge in [0, 0.05) is 12.6 Å². The van der Waals surface area contributed by atoms with Crippen molar-refractivity contribution >= 4 is 17.3 Å². The lowest BCUT2D eigenvalue weighted by Crippen LogP contribution is -2.42. The lowest BCUT2D eigenvalue weighted by molar-refractivity contribution is 0.0698. The highest BCUT2D eigenvalue weighted by Crippen LogP contribution is 2.26. The number of carboxylic acids is 1. The van der Waals surface area contributed by atoms with Crippen LogP contribution in [0.15, 0.2) is 18.2 Å². The minimum absolute atomic E-state index is 0.244. The number of carboxylic acid groups (broad SMARTS) is 1. The summed E-state index contributed by atoms with van der Waals surface area (Å²) in [7, 11) is 0. The Labute approximate surface area is 113 Å². The van der Waals surface area contributed by atoms with E-state index in [1.54, 1.807) is 18.2 Å². The standard InChI is InChI=1S/C14H21N3O2/c1-2-17-8-4-5-10(9-17)16-13-11(14(18)19)6-3-7-12(13)15/h3,6-7,10,16H,2,4-5,8-9,15H2,1H3,(H,18,19). The van der Waals surface area contributed by atoms with Crippen LogP contribution in [0, 0.1) is 0 Å². The van der Waals surface area contributed by atoms with E-state index in [0.717, 1.165) is 32.5 Å². The van der Waals surface area contributed by atoms with Crippen LogP contribution in [0.3, 0.4) is 0 Å². The molecule has 0 amide bonds. The van der Waals surface area contributed by atoms with Gasteiger partial charge in [-0.15, -0.1) is 0 Å². The molecule has 1 saturated heterocycles. The Morgan fingerprint density at radius 1 is 1.58 bits per heavy atom. The highest BCUT2D eigenvalue weighted by atomic mass is 16.4. The van der Waals surface area contributed by atoms with Crippen LogP contribution in [0.5, 0.6) is 0 Å². The van der Waals surface area contributed by atoms with Crippen molar-refractivity contribution in [1.82, 2.24) is 4.90 Å². The first kappa shape index (κ1) is 13.7. The number of rotatable bonds is 4. The zero-order valence-corrected chi connectivity index (χ0v) is 11.2. The van der Waals surface area contributed by atoms with E-state index >= 15 is 0 Å². The molecule has 104 valence electrons. The molecule has 5 nitrogen and oxygen atoms in total. The Balaban J connectivity index is 2.16. The maximum atomic E-state index is 11.2. The van der Waals surface area contributed by atoms with E-state index in [1.165, 1.54) is 0 Å². The molecule has 4 N–H and O–H groups in total. The van der Waals surface area contributed by atoms with Crippen molar-refractivity contribution in [3.8, 4) is 0 Å². The fraction of sp³-hybridized carbons (Fsp3) is 0.500. The molecule has 0 bridgehead atoms. The van der Waals surface area contributed by atoms with Gasteiger partial charge >= 0.3 is 5.97 Å². The number of nitrogens with one attached hydrogen (secondary N) is 1. The molecule has 1 aromatic carbocycles. The highest BCUT2D eigenvalue weighted by molar-refractivity contribution is 5.97. The van der Waals surface area contributed by atoms with Crippen LogP contribution in [-0.2, 0) is 0 Å². The molecule has 1 aromatic rings. The maximum Gasteiger partial charge on any atom is 0.337 e. The van der Waals surface area contributed by atoms with Crippen molar-refractivity contribution in [3.63, 3.8) is 0 Å². The van der Waals surface area contributed by atoms with Gasteiger partial charge in [0.2, 0.25) is 0 Å². The number of nitrogen functional groups attached to an aromatic ring is 1. The Hall–Kier alpha value is -1.75. The lowest BCUT2D eigenvalue weighted by atomic mass is 10.0. The summed E-state index contributed by atoms with van der Waals surface area (Å²) in [5.41, 5.74) is 7.20. The number of benzene rings is 1. The summed E-state index contributed by atoms with van der Waals surface area (Å²) in [6.45, 7) is 5.21. The number of hydrogen-bond donors (Lipinski definition) is 3. The van der Waals surface area contributed by atoms with Gasteiger partial charge in [0.25, 0.3) is 0 Å². The average Bonchev–Trinajstić information content (AvgIpc) is 2.41. The molecule has 1 aliphatic rings. The first-order chi connectivity index (χ1) is 9.11. The maximum absolute atomic E-state index is 11.2. The van der Waals surface area contributed by atoms with Gasteiger partial charge in [0.05, 0.1) is 16.9 Å². The number of hydrogen-bond acceptors (Lipinski definition) is 4. The fourth-order valence-corrected chi connectivity index (χ4v) is 2.57. The monoisotopic (exact) mass is 263 g/mol. The third-order valence-corrected chi connectivity index (χ3v) is 3.63. The summed E-state index contributed by atoms with van der Waals surface area (Å²) in [4.78, 5) is 13.6. The SMILES string of the molecule is CCN1CCCC(Nc2c(N)cccc2C(=O)O)C1. The number of nitrogens with two attached hydrogens (primary N) is 1. The minimum atomic E-state index is -0.946. The number of aromatic carboxylic acids is 1. The van der Waals surface area contributed by atoms with Crippen LogP contribution in [0.1, 0.15) is 30.1 Å². The Morgan fingerprint density at radius 3 is 3.05 bits per heavy atom. The van der Waals surface area contributed by atoms with Gasteiger partial charge in [-0.2, -0.15) is 0 Å². The summed E-state index contributed by atoms with van der Waals surface area (Å²) >= 11 is 0.